The van der Waals surface area contributed by atoms with Gasteiger partial charge in [-0.1, -0.05) is 0 Å². The van der Waals surface area contributed by atoms with Crippen molar-refractivity contribution < 1.29 is 24.0 Å². The van der Waals surface area contributed by atoms with Gasteiger partial charge in [-0.25, -0.2) is 0 Å². The van der Waals surface area contributed by atoms with E-state index in [1.165, 1.54) is 13.8 Å². The summed E-state index contributed by atoms with van der Waals surface area (Å²) in [6, 6.07) is 0. The highest BCUT2D eigenvalue weighted by molar-refractivity contribution is 7.87. The lowest BCUT2D eigenvalue weighted by Crippen LogP contribution is -2.33. The first-order valence-corrected chi connectivity index (χ1v) is 4.50. The van der Waals surface area contributed by atoms with E-state index in [0.717, 1.165) is 0 Å². The molecule has 0 aromatic heterocycles. The van der Waals surface area contributed by atoms with Gasteiger partial charge in [0.05, 0.1) is 0 Å². The maximum Gasteiger partial charge on any atom is 0.319 e. The smallest absolute Gasteiger partial charge is 0.319 e. The van der Waals surface area contributed by atoms with E-state index in [1.54, 1.807) is 0 Å². The standard InChI is InChI=1S/C6H10O5S/c1-3(5(7)8)12(11)4(2)6(9)10/h3-4H,1-2H3,(H,7,8)(H,9,10). The Morgan fingerprint density at radius 1 is 1.08 bits per heavy atom. The van der Waals surface area contributed by atoms with E-state index in [2.05, 4.69) is 0 Å². The van der Waals surface area contributed by atoms with Crippen molar-refractivity contribution in [1.29, 1.82) is 0 Å². The molecule has 5 nitrogen and oxygen atoms in total. The van der Waals surface area contributed by atoms with Gasteiger partial charge in [0.15, 0.2) is 0 Å². The summed E-state index contributed by atoms with van der Waals surface area (Å²) in [5.41, 5.74) is 0. The van der Waals surface area contributed by atoms with Crippen LogP contribution >= 0.6 is 0 Å². The Bertz CT molecular complexity index is 202. The van der Waals surface area contributed by atoms with E-state index >= 15 is 0 Å². The van der Waals surface area contributed by atoms with Gasteiger partial charge in [-0.3, -0.25) is 13.8 Å². The van der Waals surface area contributed by atoms with Crippen LogP contribution in [0.2, 0.25) is 0 Å². The van der Waals surface area contributed by atoms with Gasteiger partial charge in [0.25, 0.3) is 0 Å². The Balaban J connectivity index is 4.39. The van der Waals surface area contributed by atoms with Crippen LogP contribution in [0.4, 0.5) is 0 Å². The molecule has 0 aliphatic heterocycles. The number of carbonyl (C=O) groups is 2. The molecule has 70 valence electrons. The first-order chi connectivity index (χ1) is 5.37. The fraction of sp³-hybridized carbons (Fsp3) is 0.667. The van der Waals surface area contributed by atoms with Gasteiger partial charge in [0.1, 0.15) is 10.5 Å². The van der Waals surface area contributed by atoms with E-state index < -0.39 is 33.2 Å². The van der Waals surface area contributed by atoms with Crippen LogP contribution in [0.3, 0.4) is 0 Å². The quantitative estimate of drug-likeness (QED) is 0.640. The lowest BCUT2D eigenvalue weighted by molar-refractivity contribution is -0.136. The Hall–Kier alpha value is -0.910. The van der Waals surface area contributed by atoms with Crippen LogP contribution in [0.1, 0.15) is 13.8 Å². The maximum atomic E-state index is 11.1. The second-order valence-electron chi connectivity index (χ2n) is 2.29. The maximum absolute atomic E-state index is 11.1. The van der Waals surface area contributed by atoms with Gasteiger partial charge in [0.2, 0.25) is 0 Å². The molecule has 0 heterocycles. The zero-order chi connectivity index (χ0) is 9.89. The Morgan fingerprint density at radius 3 is 1.50 bits per heavy atom. The molecule has 0 aliphatic rings. The summed E-state index contributed by atoms with van der Waals surface area (Å²) in [6.07, 6.45) is 0. The molecular weight excluding hydrogens is 184 g/mol. The second-order valence-corrected chi connectivity index (χ2v) is 4.36. The Labute approximate surface area is 71.8 Å². The Kier molecular flexibility index (Phi) is 3.88. The monoisotopic (exact) mass is 194 g/mol. The molecule has 2 atom stereocenters. The molecule has 0 aromatic rings. The van der Waals surface area contributed by atoms with E-state index in [9.17, 15) is 13.8 Å². The van der Waals surface area contributed by atoms with Crippen molar-refractivity contribution in [3.05, 3.63) is 0 Å². The van der Waals surface area contributed by atoms with Crippen LogP contribution in [-0.4, -0.2) is 36.9 Å². The SMILES string of the molecule is CC(C(=O)O)S(=O)C(C)C(=O)O. The van der Waals surface area contributed by atoms with Crippen LogP contribution in [0.15, 0.2) is 0 Å². The molecule has 0 fully saturated rings. The molecule has 0 saturated heterocycles. The highest BCUT2D eigenvalue weighted by Crippen LogP contribution is 2.04. The number of aliphatic carboxylic acids is 2. The zero-order valence-electron chi connectivity index (χ0n) is 6.68. The Morgan fingerprint density at radius 2 is 1.33 bits per heavy atom. The average Bonchev–Trinajstić information content (AvgIpc) is 2.00. The zero-order valence-corrected chi connectivity index (χ0v) is 7.50. The molecule has 0 spiro atoms. The number of rotatable bonds is 4. The van der Waals surface area contributed by atoms with Crippen molar-refractivity contribution in [3.63, 3.8) is 0 Å². The third kappa shape index (κ3) is 2.61. The molecule has 6 heteroatoms. The summed E-state index contributed by atoms with van der Waals surface area (Å²) in [7, 11) is -1.87. The second kappa shape index (κ2) is 4.20. The third-order valence-corrected chi connectivity index (χ3v) is 3.19. The molecule has 2 N–H and O–H groups in total. The van der Waals surface area contributed by atoms with Gasteiger partial charge in [-0.05, 0) is 13.8 Å². The van der Waals surface area contributed by atoms with E-state index in [0.29, 0.717) is 0 Å². The van der Waals surface area contributed by atoms with Crippen molar-refractivity contribution >= 4 is 22.7 Å². The molecule has 2 unspecified atom stereocenters. The van der Waals surface area contributed by atoms with Gasteiger partial charge in [-0.2, -0.15) is 0 Å². The van der Waals surface area contributed by atoms with Crippen molar-refractivity contribution in [2.24, 2.45) is 0 Å². The van der Waals surface area contributed by atoms with Crippen molar-refractivity contribution in [3.8, 4) is 0 Å². The molecule has 0 bridgehead atoms. The molecule has 0 aromatic carbocycles. The molecule has 0 radical (unpaired) electrons. The lowest BCUT2D eigenvalue weighted by Gasteiger charge is -2.09. The molecule has 12 heavy (non-hydrogen) atoms. The van der Waals surface area contributed by atoms with E-state index in [-0.39, 0.29) is 0 Å². The summed E-state index contributed by atoms with van der Waals surface area (Å²) in [5.74, 6) is -2.50. The molecular formula is C6H10O5S. The normalized spacial score (nSPS) is 17.8. The highest BCUT2D eigenvalue weighted by Gasteiger charge is 2.28. The van der Waals surface area contributed by atoms with Crippen molar-refractivity contribution in [1.82, 2.24) is 0 Å². The van der Waals surface area contributed by atoms with Crippen molar-refractivity contribution in [2.75, 3.05) is 0 Å². The molecule has 0 rings (SSSR count). The highest BCUT2D eigenvalue weighted by atomic mass is 32.2. The summed E-state index contributed by atoms with van der Waals surface area (Å²) >= 11 is 0. The number of carboxylic acids is 2. The summed E-state index contributed by atoms with van der Waals surface area (Å²) < 4.78 is 11.1. The third-order valence-electron chi connectivity index (χ3n) is 1.39. The van der Waals surface area contributed by atoms with Gasteiger partial charge < -0.3 is 10.2 Å². The minimum atomic E-state index is -1.87. The summed E-state index contributed by atoms with van der Waals surface area (Å²) in [6.45, 7) is 2.44. The van der Waals surface area contributed by atoms with Crippen LogP contribution in [-0.2, 0) is 20.4 Å². The van der Waals surface area contributed by atoms with Crippen LogP contribution in [0, 0.1) is 0 Å². The minimum Gasteiger partial charge on any atom is -0.480 e. The van der Waals surface area contributed by atoms with Gasteiger partial charge >= 0.3 is 11.9 Å². The lowest BCUT2D eigenvalue weighted by atomic mass is 10.5. The number of carboxylic acid groups (broad SMARTS) is 2. The fourth-order valence-electron chi connectivity index (χ4n) is 0.505. The average molecular weight is 194 g/mol. The van der Waals surface area contributed by atoms with E-state index in [4.69, 9.17) is 10.2 Å². The van der Waals surface area contributed by atoms with Gasteiger partial charge in [0, 0.05) is 10.8 Å². The van der Waals surface area contributed by atoms with Crippen molar-refractivity contribution in [2.45, 2.75) is 24.3 Å². The van der Waals surface area contributed by atoms with Crippen LogP contribution in [0.25, 0.3) is 0 Å². The predicted molar refractivity (Wildman–Crippen MR) is 42.3 cm³/mol. The number of hydrogen-bond donors (Lipinski definition) is 2. The first-order valence-electron chi connectivity index (χ1n) is 3.23. The minimum absolute atomic E-state index is 1.14. The predicted octanol–water partition coefficient (Wildman–Crippen LogP) is -0.319. The largest absolute Gasteiger partial charge is 0.480 e. The number of hydrogen-bond acceptors (Lipinski definition) is 3. The topological polar surface area (TPSA) is 91.7 Å². The van der Waals surface area contributed by atoms with Gasteiger partial charge in [-0.15, -0.1) is 0 Å². The van der Waals surface area contributed by atoms with Crippen LogP contribution < -0.4 is 0 Å². The summed E-state index contributed by atoms with van der Waals surface area (Å²) in [4.78, 5) is 20.6. The molecule has 0 amide bonds. The first kappa shape index (κ1) is 11.1. The molecule has 0 aliphatic carbocycles. The summed E-state index contributed by atoms with van der Waals surface area (Å²) in [5, 5.41) is 14.5. The van der Waals surface area contributed by atoms with E-state index in [1.807, 2.05) is 0 Å². The van der Waals surface area contributed by atoms with Crippen LogP contribution in [0.5, 0.6) is 0 Å². The molecule has 0 saturated carbocycles. The fourth-order valence-corrected chi connectivity index (χ4v) is 1.51.